The van der Waals surface area contributed by atoms with Crippen molar-refractivity contribution in [3.63, 3.8) is 0 Å². The molecule has 2 rings (SSSR count). The minimum atomic E-state index is -0.123. The van der Waals surface area contributed by atoms with Gasteiger partial charge in [0.15, 0.2) is 0 Å². The summed E-state index contributed by atoms with van der Waals surface area (Å²) >= 11 is 5.08. The summed E-state index contributed by atoms with van der Waals surface area (Å²) in [6.07, 6.45) is 0. The van der Waals surface area contributed by atoms with E-state index in [2.05, 4.69) is 32.6 Å². The van der Waals surface area contributed by atoms with E-state index in [1.165, 1.54) is 4.88 Å². The fourth-order valence-electron chi connectivity index (χ4n) is 1.62. The molecule has 4 N–H and O–H groups in total. The molecular formula is C13H14BrN3OS. The molecule has 19 heavy (non-hydrogen) atoms. The van der Waals surface area contributed by atoms with E-state index in [-0.39, 0.29) is 5.91 Å². The summed E-state index contributed by atoms with van der Waals surface area (Å²) in [5.74, 6) is -0.123. The molecule has 0 aliphatic rings. The highest BCUT2D eigenvalue weighted by Crippen LogP contribution is 2.24. The molecule has 1 aromatic carbocycles. The second kappa shape index (κ2) is 6.08. The van der Waals surface area contributed by atoms with E-state index in [1.807, 2.05) is 5.38 Å². The first-order valence-electron chi connectivity index (χ1n) is 5.68. The van der Waals surface area contributed by atoms with Gasteiger partial charge in [-0.1, -0.05) is 0 Å². The van der Waals surface area contributed by atoms with Gasteiger partial charge in [0.1, 0.15) is 0 Å². The molecule has 0 aliphatic carbocycles. The lowest BCUT2D eigenvalue weighted by molar-refractivity contribution is 0.0963. The number of thiophene rings is 1. The molecule has 0 bridgehead atoms. The van der Waals surface area contributed by atoms with Crippen molar-refractivity contribution < 1.29 is 4.79 Å². The Morgan fingerprint density at radius 3 is 2.84 bits per heavy atom. The highest BCUT2D eigenvalue weighted by Gasteiger charge is 2.07. The van der Waals surface area contributed by atoms with Crippen molar-refractivity contribution >= 4 is 44.5 Å². The molecule has 0 unspecified atom stereocenters. The highest BCUT2D eigenvalue weighted by atomic mass is 79.9. The zero-order valence-corrected chi connectivity index (χ0v) is 12.8. The topological polar surface area (TPSA) is 67.2 Å². The first-order chi connectivity index (χ1) is 9.10. The van der Waals surface area contributed by atoms with E-state index in [0.717, 1.165) is 10.2 Å². The second-order valence-electron chi connectivity index (χ2n) is 3.97. The van der Waals surface area contributed by atoms with E-state index in [1.54, 1.807) is 36.6 Å². The number of nitrogens with one attached hydrogen (secondary N) is 2. The van der Waals surface area contributed by atoms with Crippen LogP contribution in [0.1, 0.15) is 15.2 Å². The Kier molecular flexibility index (Phi) is 4.44. The summed E-state index contributed by atoms with van der Waals surface area (Å²) in [6.45, 7) is 0.678. The van der Waals surface area contributed by atoms with Gasteiger partial charge < -0.3 is 16.4 Å². The highest BCUT2D eigenvalue weighted by molar-refractivity contribution is 9.10. The SMILES string of the molecule is CNC(=O)c1ccc(N)c(NCc2cc(Br)cs2)c1. The van der Waals surface area contributed by atoms with Crippen LogP contribution in [0, 0.1) is 0 Å². The second-order valence-corrected chi connectivity index (χ2v) is 5.88. The standard InChI is InChI=1S/C13H14BrN3OS/c1-16-13(18)8-2-3-11(15)12(4-8)17-6-10-5-9(14)7-19-10/h2-5,7,17H,6,15H2,1H3,(H,16,18). The predicted octanol–water partition coefficient (Wildman–Crippen LogP) is 3.06. The zero-order chi connectivity index (χ0) is 13.8. The van der Waals surface area contributed by atoms with Crippen molar-refractivity contribution in [2.24, 2.45) is 0 Å². The zero-order valence-electron chi connectivity index (χ0n) is 10.4. The molecule has 0 atom stereocenters. The quantitative estimate of drug-likeness (QED) is 0.750. The normalized spacial score (nSPS) is 10.2. The molecule has 1 aromatic heterocycles. The Labute approximate surface area is 124 Å². The van der Waals surface area contributed by atoms with Crippen LogP contribution in [0.15, 0.2) is 34.1 Å². The molecule has 0 spiro atoms. The number of hydrogen-bond donors (Lipinski definition) is 3. The van der Waals surface area contributed by atoms with Gasteiger partial charge in [0.2, 0.25) is 0 Å². The van der Waals surface area contributed by atoms with Gasteiger partial charge in [0, 0.05) is 33.9 Å². The number of carbonyl (C=O) groups excluding carboxylic acids is 1. The van der Waals surface area contributed by atoms with Crippen LogP contribution in [0.3, 0.4) is 0 Å². The number of amides is 1. The Bertz CT molecular complexity index is 597. The number of carbonyl (C=O) groups is 1. The van der Waals surface area contributed by atoms with E-state index in [0.29, 0.717) is 17.8 Å². The predicted molar refractivity (Wildman–Crippen MR) is 83.6 cm³/mol. The molecule has 0 saturated heterocycles. The Morgan fingerprint density at radius 2 is 2.21 bits per heavy atom. The molecule has 1 heterocycles. The lowest BCUT2D eigenvalue weighted by Gasteiger charge is -2.10. The van der Waals surface area contributed by atoms with E-state index >= 15 is 0 Å². The number of rotatable bonds is 4. The van der Waals surface area contributed by atoms with Crippen LogP contribution in [0.2, 0.25) is 0 Å². The molecule has 0 saturated carbocycles. The maximum atomic E-state index is 11.6. The van der Waals surface area contributed by atoms with Crippen molar-refractivity contribution in [1.29, 1.82) is 0 Å². The Hall–Kier alpha value is -1.53. The Morgan fingerprint density at radius 1 is 1.42 bits per heavy atom. The number of hydrogen-bond acceptors (Lipinski definition) is 4. The third-order valence-electron chi connectivity index (χ3n) is 2.62. The first kappa shape index (κ1) is 13.9. The summed E-state index contributed by atoms with van der Waals surface area (Å²) in [7, 11) is 1.61. The van der Waals surface area contributed by atoms with Crippen LogP contribution >= 0.6 is 27.3 Å². The lowest BCUT2D eigenvalue weighted by Crippen LogP contribution is -2.18. The third-order valence-corrected chi connectivity index (χ3v) is 4.31. The summed E-state index contributed by atoms with van der Waals surface area (Å²) in [6, 6.07) is 7.26. The van der Waals surface area contributed by atoms with Crippen LogP contribution in [0.25, 0.3) is 0 Å². The molecule has 0 aliphatic heterocycles. The number of nitrogens with two attached hydrogens (primary N) is 1. The maximum absolute atomic E-state index is 11.6. The molecule has 6 heteroatoms. The van der Waals surface area contributed by atoms with Crippen LogP contribution in [0.5, 0.6) is 0 Å². The molecule has 4 nitrogen and oxygen atoms in total. The molecular weight excluding hydrogens is 326 g/mol. The van der Waals surface area contributed by atoms with Gasteiger partial charge in [-0.15, -0.1) is 11.3 Å². The van der Waals surface area contributed by atoms with E-state index in [4.69, 9.17) is 5.73 Å². The minimum Gasteiger partial charge on any atom is -0.397 e. The summed E-state index contributed by atoms with van der Waals surface area (Å²) in [5, 5.41) is 7.87. The fraction of sp³-hybridized carbons (Fsp3) is 0.154. The molecule has 0 radical (unpaired) electrons. The largest absolute Gasteiger partial charge is 0.397 e. The summed E-state index contributed by atoms with van der Waals surface area (Å²) in [5.41, 5.74) is 7.89. The van der Waals surface area contributed by atoms with Gasteiger partial charge in [0.05, 0.1) is 11.4 Å². The fourth-order valence-corrected chi connectivity index (χ4v) is 3.01. The average molecular weight is 340 g/mol. The van der Waals surface area contributed by atoms with Gasteiger partial charge in [-0.2, -0.15) is 0 Å². The van der Waals surface area contributed by atoms with Gasteiger partial charge in [-0.3, -0.25) is 4.79 Å². The maximum Gasteiger partial charge on any atom is 0.251 e. The van der Waals surface area contributed by atoms with E-state index < -0.39 is 0 Å². The van der Waals surface area contributed by atoms with Crippen LogP contribution in [0.4, 0.5) is 11.4 Å². The van der Waals surface area contributed by atoms with Crippen molar-refractivity contribution in [2.45, 2.75) is 6.54 Å². The molecule has 100 valence electrons. The van der Waals surface area contributed by atoms with Gasteiger partial charge in [-0.05, 0) is 40.2 Å². The lowest BCUT2D eigenvalue weighted by atomic mass is 10.1. The minimum absolute atomic E-state index is 0.123. The van der Waals surface area contributed by atoms with Crippen molar-refractivity contribution in [3.05, 3.63) is 44.6 Å². The van der Waals surface area contributed by atoms with Gasteiger partial charge in [0.25, 0.3) is 5.91 Å². The smallest absolute Gasteiger partial charge is 0.251 e. The van der Waals surface area contributed by atoms with Gasteiger partial charge in [-0.25, -0.2) is 0 Å². The third kappa shape index (κ3) is 3.48. The molecule has 1 amide bonds. The number of nitrogen functional groups attached to an aromatic ring is 1. The van der Waals surface area contributed by atoms with Crippen molar-refractivity contribution in [1.82, 2.24) is 5.32 Å². The number of halogens is 1. The van der Waals surface area contributed by atoms with Gasteiger partial charge >= 0.3 is 0 Å². The number of benzene rings is 1. The molecule has 0 fully saturated rings. The summed E-state index contributed by atoms with van der Waals surface area (Å²) < 4.78 is 1.07. The first-order valence-corrected chi connectivity index (χ1v) is 7.36. The molecule has 2 aromatic rings. The van der Waals surface area contributed by atoms with Crippen LogP contribution in [-0.4, -0.2) is 13.0 Å². The van der Waals surface area contributed by atoms with Crippen LogP contribution in [-0.2, 0) is 6.54 Å². The Balaban J connectivity index is 2.12. The monoisotopic (exact) mass is 339 g/mol. The number of anilines is 2. The summed E-state index contributed by atoms with van der Waals surface area (Å²) in [4.78, 5) is 12.8. The average Bonchev–Trinajstić information content (AvgIpc) is 2.82. The van der Waals surface area contributed by atoms with Crippen molar-refractivity contribution in [3.8, 4) is 0 Å². The van der Waals surface area contributed by atoms with Crippen LogP contribution < -0.4 is 16.4 Å². The van der Waals surface area contributed by atoms with Crippen molar-refractivity contribution in [2.75, 3.05) is 18.1 Å². The van der Waals surface area contributed by atoms with E-state index in [9.17, 15) is 4.79 Å².